The van der Waals surface area contributed by atoms with Crippen LogP contribution in [0.25, 0.3) is 0 Å². The number of aliphatic carboxylic acids is 1. The monoisotopic (exact) mass is 879 g/mol. The summed E-state index contributed by atoms with van der Waals surface area (Å²) in [4.78, 5) is 10.9. The first kappa shape index (κ1) is 52.3. The topological polar surface area (TPSA) is 102 Å². The molecule has 0 spiro atoms. The molecule has 0 bridgehead atoms. The summed E-state index contributed by atoms with van der Waals surface area (Å²) in [5, 5.41) is 8.94. The van der Waals surface area contributed by atoms with Gasteiger partial charge >= 0.3 is 5.97 Å². The first-order valence-electron chi connectivity index (χ1n) is 22.0. The fourth-order valence-electron chi connectivity index (χ4n) is 6.63. The second-order valence-corrected chi connectivity index (χ2v) is 29.1. The van der Waals surface area contributed by atoms with E-state index in [-0.39, 0.29) is 52.8 Å². The van der Waals surface area contributed by atoms with Crippen molar-refractivity contribution in [3.8, 4) is 17.6 Å². The van der Waals surface area contributed by atoms with E-state index in [9.17, 15) is 4.79 Å². The van der Waals surface area contributed by atoms with E-state index in [2.05, 4.69) is 123 Å². The standard InChI is InChI=1S/C50H78O9Si2/c1-37(18-15-22-46-44(54-10)30-28-41(57-46)19-17-23-48(51)52)35-43(58-60(11,12)49(3,4)5)20-16-21-45(56-36-39-24-26-40(53-9)27-25-39)47(59-61(13,14)50(6,7)8)31-29-42-34-38(2)32-33-55-42/h16,20,24-32,41-47H,1,15,18-19,21-22,33-36H2,2-14H3,(H,51,52)/b20-16+,31-29+/t41?,42-,43?,44+,45+,46-,47+/m1/s1. The van der Waals surface area contributed by atoms with Gasteiger partial charge < -0.3 is 37.6 Å². The molecule has 61 heavy (non-hydrogen) atoms. The summed E-state index contributed by atoms with van der Waals surface area (Å²) >= 11 is 0. The van der Waals surface area contributed by atoms with E-state index < -0.39 is 22.6 Å². The van der Waals surface area contributed by atoms with Crippen LogP contribution in [0.4, 0.5) is 0 Å². The highest BCUT2D eigenvalue weighted by molar-refractivity contribution is 6.74. The van der Waals surface area contributed by atoms with Crippen molar-refractivity contribution in [2.75, 3.05) is 20.8 Å². The Bertz CT molecular complexity index is 1720. The zero-order chi connectivity index (χ0) is 45.4. The molecule has 0 aromatic heterocycles. The van der Waals surface area contributed by atoms with E-state index in [0.717, 1.165) is 42.6 Å². The normalized spacial score (nSPS) is 21.8. The lowest BCUT2D eigenvalue weighted by molar-refractivity contribution is -0.130. The van der Waals surface area contributed by atoms with Gasteiger partial charge in [0.15, 0.2) is 16.6 Å². The van der Waals surface area contributed by atoms with Crippen LogP contribution in [0.5, 0.6) is 5.75 Å². The summed E-state index contributed by atoms with van der Waals surface area (Å²) in [7, 11) is -1.04. The number of carboxylic acids is 1. The average Bonchev–Trinajstić information content (AvgIpc) is 3.17. The summed E-state index contributed by atoms with van der Waals surface area (Å²) in [6.07, 6.45) is 18.5. The third-order valence-electron chi connectivity index (χ3n) is 12.5. The number of ether oxygens (including phenoxy) is 5. The molecule has 1 N–H and O–H groups in total. The van der Waals surface area contributed by atoms with Crippen molar-refractivity contribution in [1.29, 1.82) is 0 Å². The summed E-state index contributed by atoms with van der Waals surface area (Å²) in [6.45, 7) is 30.5. The number of benzene rings is 1. The smallest absolute Gasteiger partial charge is 0.381 e. The minimum Gasteiger partial charge on any atom is -0.497 e. The third-order valence-corrected chi connectivity index (χ3v) is 21.5. The van der Waals surface area contributed by atoms with Crippen LogP contribution in [0.3, 0.4) is 0 Å². The van der Waals surface area contributed by atoms with Gasteiger partial charge in [-0.15, -0.1) is 0 Å². The number of carboxylic acid groups (broad SMARTS) is 1. The van der Waals surface area contributed by atoms with Crippen molar-refractivity contribution < 1.29 is 42.4 Å². The number of methoxy groups -OCH3 is 2. The molecule has 7 atom stereocenters. The zero-order valence-corrected chi connectivity index (χ0v) is 41.7. The van der Waals surface area contributed by atoms with Crippen LogP contribution in [0.2, 0.25) is 36.3 Å². The maximum Gasteiger partial charge on any atom is 0.381 e. The van der Waals surface area contributed by atoms with Gasteiger partial charge in [-0.05, 0) is 99.4 Å². The van der Waals surface area contributed by atoms with Crippen molar-refractivity contribution >= 4 is 22.6 Å². The lowest BCUT2D eigenvalue weighted by Gasteiger charge is -2.40. The minimum absolute atomic E-state index is 0.00121. The van der Waals surface area contributed by atoms with E-state index in [0.29, 0.717) is 32.5 Å². The molecule has 2 unspecified atom stereocenters. The Morgan fingerprint density at radius 3 is 2.28 bits per heavy atom. The number of rotatable bonds is 22. The highest BCUT2D eigenvalue weighted by Crippen LogP contribution is 2.40. The van der Waals surface area contributed by atoms with Crippen LogP contribution in [0, 0.1) is 11.8 Å². The first-order valence-corrected chi connectivity index (χ1v) is 27.8. The molecule has 1 aromatic carbocycles. The molecule has 2 heterocycles. The van der Waals surface area contributed by atoms with E-state index in [1.165, 1.54) is 5.57 Å². The fourth-order valence-corrected chi connectivity index (χ4v) is 9.16. The lowest BCUT2D eigenvalue weighted by Crippen LogP contribution is -2.47. The molecule has 0 fully saturated rings. The van der Waals surface area contributed by atoms with Crippen molar-refractivity contribution in [1.82, 2.24) is 0 Å². The van der Waals surface area contributed by atoms with Crippen molar-refractivity contribution in [3.63, 3.8) is 0 Å². The van der Waals surface area contributed by atoms with Gasteiger partial charge in [-0.1, -0.05) is 120 Å². The Kier molecular flexibility index (Phi) is 20.7. The maximum absolute atomic E-state index is 10.9. The molecule has 0 aliphatic carbocycles. The van der Waals surface area contributed by atoms with Gasteiger partial charge in [0, 0.05) is 19.5 Å². The van der Waals surface area contributed by atoms with Crippen LogP contribution in [0.1, 0.15) is 99.0 Å². The van der Waals surface area contributed by atoms with Crippen molar-refractivity contribution in [2.24, 2.45) is 0 Å². The molecular formula is C50H78O9Si2. The molecule has 1 aromatic rings. The van der Waals surface area contributed by atoms with Crippen LogP contribution in [-0.4, -0.2) is 91.3 Å². The molecule has 9 nitrogen and oxygen atoms in total. The third kappa shape index (κ3) is 17.9. The Labute approximate surface area is 371 Å². The molecular weight excluding hydrogens is 801 g/mol. The zero-order valence-electron chi connectivity index (χ0n) is 39.7. The predicted molar refractivity (Wildman–Crippen MR) is 253 cm³/mol. The quantitative estimate of drug-likeness (QED) is 0.0693. The molecule has 2 aliphatic heterocycles. The summed E-state index contributed by atoms with van der Waals surface area (Å²) in [5.41, 5.74) is 3.51. The van der Waals surface area contributed by atoms with E-state index in [1.54, 1.807) is 14.2 Å². The van der Waals surface area contributed by atoms with E-state index >= 15 is 0 Å². The number of hydrogen-bond acceptors (Lipinski definition) is 8. The first-order chi connectivity index (χ1) is 28.5. The SMILES string of the molecule is C=C(CCC[C@H]1OC(CC#CC(=O)O)C=C[C@@H]1OC)CC(/C=C/C[C@H](OCc1ccc(OC)cc1)[C@H](/C=C/[C@@H]1CC(C)=CCO1)O[Si](C)(C)C(C)(C)C)O[Si](C)(C)C(C)(C)C. The van der Waals surface area contributed by atoms with Gasteiger partial charge in [0.05, 0.1) is 56.9 Å². The predicted octanol–water partition coefficient (Wildman–Crippen LogP) is 11.5. The highest BCUT2D eigenvalue weighted by atomic mass is 28.4. The molecule has 11 heteroatoms. The molecule has 340 valence electrons. The van der Waals surface area contributed by atoms with Crippen LogP contribution in [0.15, 0.2) is 84.5 Å². The highest BCUT2D eigenvalue weighted by Gasteiger charge is 2.41. The van der Waals surface area contributed by atoms with Gasteiger partial charge in [0.1, 0.15) is 11.9 Å². The van der Waals surface area contributed by atoms with E-state index in [4.69, 9.17) is 37.6 Å². The Balaban J connectivity index is 1.86. The maximum atomic E-state index is 10.9. The van der Waals surface area contributed by atoms with Crippen LogP contribution in [-0.2, 0) is 39.2 Å². The van der Waals surface area contributed by atoms with Gasteiger partial charge in [0.25, 0.3) is 0 Å². The lowest BCUT2D eigenvalue weighted by atomic mass is 9.98. The molecule has 3 rings (SSSR count). The van der Waals surface area contributed by atoms with Crippen LogP contribution >= 0.6 is 0 Å². The van der Waals surface area contributed by atoms with Gasteiger partial charge in [-0.25, -0.2) is 4.79 Å². The molecule has 2 aliphatic rings. The van der Waals surface area contributed by atoms with E-state index in [1.807, 2.05) is 36.4 Å². The Morgan fingerprint density at radius 1 is 1.00 bits per heavy atom. The van der Waals surface area contributed by atoms with Gasteiger partial charge in [-0.2, -0.15) is 0 Å². The van der Waals surface area contributed by atoms with Crippen molar-refractivity contribution in [3.05, 3.63) is 90.1 Å². The fraction of sp³-hybridized carbons (Fsp3) is 0.620. The molecule has 0 saturated carbocycles. The largest absolute Gasteiger partial charge is 0.497 e. The summed E-state index contributed by atoms with van der Waals surface area (Å²) in [5.74, 6) is 4.54. The van der Waals surface area contributed by atoms with Gasteiger partial charge in [0.2, 0.25) is 0 Å². The molecule has 0 amide bonds. The minimum atomic E-state index is -2.24. The Hall–Kier alpha value is -3.06. The summed E-state index contributed by atoms with van der Waals surface area (Å²) < 4.78 is 44.7. The van der Waals surface area contributed by atoms with Crippen LogP contribution < -0.4 is 4.74 Å². The number of carbonyl (C=O) groups is 1. The molecule has 0 radical (unpaired) electrons. The second kappa shape index (κ2) is 24.1. The van der Waals surface area contributed by atoms with Crippen molar-refractivity contribution in [2.45, 2.75) is 179 Å². The number of hydrogen-bond donors (Lipinski definition) is 1. The second-order valence-electron chi connectivity index (χ2n) is 19.6. The summed E-state index contributed by atoms with van der Waals surface area (Å²) in [6, 6.07) is 8.03. The Morgan fingerprint density at radius 2 is 1.67 bits per heavy atom. The molecule has 0 saturated heterocycles. The average molecular weight is 879 g/mol. The van der Waals surface area contributed by atoms with Gasteiger partial charge in [-0.3, -0.25) is 0 Å².